The molecule has 0 unspecified atom stereocenters. The van der Waals surface area contributed by atoms with E-state index >= 15 is 0 Å². The summed E-state index contributed by atoms with van der Waals surface area (Å²) in [5.74, 6) is 0. The average molecular weight is 881 g/mol. The fourth-order valence-corrected chi connectivity index (χ4v) is 10.2. The minimum absolute atomic E-state index is 1.13. The molecular weight excluding hydrogens is 833 g/mol. The van der Waals surface area contributed by atoms with Crippen LogP contribution in [0.3, 0.4) is 0 Å². The number of nitrogens with zero attached hydrogens (tertiary/aromatic N) is 2. The number of para-hydroxylation sites is 2. The lowest BCUT2D eigenvalue weighted by atomic mass is 9.78. The third kappa shape index (κ3) is 7.88. The number of rotatable bonds is 10. The van der Waals surface area contributed by atoms with Gasteiger partial charge in [0.15, 0.2) is 0 Å². The van der Waals surface area contributed by atoms with Gasteiger partial charge in [-0.2, -0.15) is 0 Å². The van der Waals surface area contributed by atoms with E-state index in [-0.39, 0.29) is 0 Å². The first kappa shape index (κ1) is 41.5. The highest BCUT2D eigenvalue weighted by Gasteiger charge is 2.24. The Kier molecular flexibility index (Phi) is 10.8. The van der Waals surface area contributed by atoms with E-state index in [0.29, 0.717) is 0 Å². The zero-order valence-corrected chi connectivity index (χ0v) is 38.4. The second kappa shape index (κ2) is 18.0. The summed E-state index contributed by atoms with van der Waals surface area (Å²) in [4.78, 5) is 2.32. The fraction of sp³-hybridized carbons (Fsp3) is 0.0149. The lowest BCUT2D eigenvalue weighted by molar-refractivity contribution is 1.01. The van der Waals surface area contributed by atoms with Crippen molar-refractivity contribution in [3.8, 4) is 55.6 Å². The van der Waals surface area contributed by atoms with E-state index in [1.54, 1.807) is 0 Å². The van der Waals surface area contributed by atoms with Gasteiger partial charge in [0.05, 0.1) is 5.52 Å². The van der Waals surface area contributed by atoms with Crippen molar-refractivity contribution in [3.05, 3.63) is 272 Å². The molecule has 0 fully saturated rings. The molecule has 0 N–H and O–H groups in total. The molecule has 326 valence electrons. The van der Waals surface area contributed by atoms with Crippen LogP contribution in [0, 0.1) is 0 Å². The summed E-state index contributed by atoms with van der Waals surface area (Å²) in [7, 11) is 2.18. The van der Waals surface area contributed by atoms with Crippen LogP contribution in [-0.2, 0) is 7.05 Å². The predicted molar refractivity (Wildman–Crippen MR) is 295 cm³/mol. The van der Waals surface area contributed by atoms with Gasteiger partial charge in [0, 0.05) is 40.4 Å². The van der Waals surface area contributed by atoms with Crippen LogP contribution in [0.5, 0.6) is 0 Å². The van der Waals surface area contributed by atoms with Crippen molar-refractivity contribution < 1.29 is 0 Å². The van der Waals surface area contributed by atoms with E-state index in [1.807, 2.05) is 0 Å². The summed E-state index contributed by atoms with van der Waals surface area (Å²) in [5, 5.41) is 4.90. The van der Waals surface area contributed by atoms with Gasteiger partial charge in [-0.1, -0.05) is 212 Å². The van der Waals surface area contributed by atoms with E-state index in [4.69, 9.17) is 0 Å². The second-order valence-corrected chi connectivity index (χ2v) is 17.8. The minimum Gasteiger partial charge on any atom is -0.344 e. The maximum Gasteiger partial charge on any atom is 0.0509 e. The van der Waals surface area contributed by atoms with Gasteiger partial charge in [0.25, 0.3) is 0 Å². The van der Waals surface area contributed by atoms with Gasteiger partial charge in [-0.25, -0.2) is 0 Å². The molecule has 0 aliphatic rings. The summed E-state index contributed by atoms with van der Waals surface area (Å²) >= 11 is 0. The smallest absolute Gasteiger partial charge is 0.0509 e. The Morgan fingerprint density at radius 3 is 1.29 bits per heavy atom. The maximum absolute atomic E-state index is 2.43. The number of hydrogen-bond acceptors (Lipinski definition) is 1. The molecule has 0 amide bonds. The van der Waals surface area contributed by atoms with Crippen molar-refractivity contribution in [3.63, 3.8) is 0 Å². The van der Waals surface area contributed by atoms with E-state index in [1.165, 1.54) is 88.2 Å². The number of aryl methyl sites for hydroxylation is 1. The van der Waals surface area contributed by atoms with E-state index in [0.717, 1.165) is 28.2 Å². The monoisotopic (exact) mass is 880 g/mol. The first-order chi connectivity index (χ1) is 34.1. The Bertz CT molecular complexity index is 3760. The second-order valence-electron chi connectivity index (χ2n) is 17.8. The largest absolute Gasteiger partial charge is 0.344 e. The Labute approximate surface area is 404 Å². The summed E-state index contributed by atoms with van der Waals surface area (Å²) in [6.07, 6.45) is 4.47. The molecule has 2 heteroatoms. The Balaban J connectivity index is 0.923. The van der Waals surface area contributed by atoms with Crippen LogP contribution in [0.4, 0.5) is 17.1 Å². The molecule has 1 aromatic heterocycles. The Morgan fingerprint density at radius 1 is 0.304 bits per heavy atom. The number of benzene rings is 11. The van der Waals surface area contributed by atoms with Gasteiger partial charge >= 0.3 is 0 Å². The summed E-state index contributed by atoms with van der Waals surface area (Å²) < 4.78 is 2.33. The van der Waals surface area contributed by atoms with Gasteiger partial charge in [-0.05, 0) is 138 Å². The minimum atomic E-state index is 1.13. The van der Waals surface area contributed by atoms with Gasteiger partial charge in [0.1, 0.15) is 0 Å². The predicted octanol–water partition coefficient (Wildman–Crippen LogP) is 18.5. The summed E-state index contributed by atoms with van der Waals surface area (Å²) in [6, 6.07) is 94.6. The zero-order valence-electron chi connectivity index (χ0n) is 38.4. The molecule has 0 radical (unpaired) electrons. The van der Waals surface area contributed by atoms with Crippen molar-refractivity contribution in [2.45, 2.75) is 0 Å². The highest BCUT2D eigenvalue weighted by molar-refractivity contribution is 6.10. The molecule has 0 spiro atoms. The topological polar surface area (TPSA) is 8.17 Å². The fourth-order valence-electron chi connectivity index (χ4n) is 10.2. The normalized spacial score (nSPS) is 11.5. The molecule has 69 heavy (non-hydrogen) atoms. The quantitative estimate of drug-likeness (QED) is 0.124. The zero-order chi connectivity index (χ0) is 46.1. The molecule has 0 aliphatic carbocycles. The molecule has 0 aliphatic heterocycles. The van der Waals surface area contributed by atoms with Crippen molar-refractivity contribution >= 4 is 61.8 Å². The molecule has 0 atom stereocenters. The number of hydrogen-bond donors (Lipinski definition) is 0. The molecule has 0 saturated carbocycles. The van der Waals surface area contributed by atoms with Gasteiger partial charge in [-0.15, -0.1) is 0 Å². The highest BCUT2D eigenvalue weighted by Crippen LogP contribution is 2.50. The average Bonchev–Trinajstić information content (AvgIpc) is 3.70. The van der Waals surface area contributed by atoms with Gasteiger partial charge in [0.2, 0.25) is 0 Å². The van der Waals surface area contributed by atoms with E-state index < -0.39 is 0 Å². The Hall–Kier alpha value is -8.98. The van der Waals surface area contributed by atoms with Crippen LogP contribution in [-0.4, -0.2) is 4.57 Å². The molecule has 0 saturated heterocycles. The molecule has 12 rings (SSSR count). The Morgan fingerprint density at radius 2 is 0.725 bits per heavy atom. The number of anilines is 3. The molecular formula is C67H48N2. The third-order valence-electron chi connectivity index (χ3n) is 13.5. The van der Waals surface area contributed by atoms with Crippen LogP contribution in [0.25, 0.3) is 100 Å². The summed E-state index contributed by atoms with van der Waals surface area (Å²) in [6.45, 7) is 0. The first-order valence-electron chi connectivity index (χ1n) is 23.7. The van der Waals surface area contributed by atoms with E-state index in [9.17, 15) is 0 Å². The SMILES string of the molecule is Cn1c2cc(C=Cc3ccc4cc(-c5cc(-c6ccccc6)c(-c6ccccc6)c(-c6ccccc6)c5-c5ccccc5)ccc4c3)ccc2c2ccc(N(c3ccccc3)c3ccccc3)cc21. The number of aromatic nitrogens is 1. The van der Waals surface area contributed by atoms with Crippen LogP contribution in [0.2, 0.25) is 0 Å². The van der Waals surface area contributed by atoms with Gasteiger partial charge in [-0.3, -0.25) is 0 Å². The van der Waals surface area contributed by atoms with Crippen LogP contribution in [0.15, 0.2) is 261 Å². The molecule has 2 nitrogen and oxygen atoms in total. The van der Waals surface area contributed by atoms with Crippen LogP contribution in [0.1, 0.15) is 11.1 Å². The molecule has 1 heterocycles. The van der Waals surface area contributed by atoms with Crippen molar-refractivity contribution in [1.29, 1.82) is 0 Å². The van der Waals surface area contributed by atoms with Crippen molar-refractivity contribution in [2.24, 2.45) is 7.05 Å². The van der Waals surface area contributed by atoms with Crippen molar-refractivity contribution in [2.75, 3.05) is 4.90 Å². The van der Waals surface area contributed by atoms with E-state index in [2.05, 4.69) is 290 Å². The van der Waals surface area contributed by atoms with Crippen LogP contribution >= 0.6 is 0 Å². The van der Waals surface area contributed by atoms with Crippen LogP contribution < -0.4 is 4.90 Å². The first-order valence-corrected chi connectivity index (χ1v) is 23.7. The summed E-state index contributed by atoms with van der Waals surface area (Å²) in [5.41, 5.74) is 20.2. The molecule has 12 aromatic rings. The standard InChI is InChI=1S/C67H48N2/c1-68-63-43-48(35-40-59(63)60-41-39-58(45-64(60)68)69(56-28-16-6-17-29-56)57-30-18-7-19-31-57)33-32-47-34-36-54-44-55(38-37-53(54)42-47)62-46-61(49-20-8-2-9-21-49)65(50-22-10-3-11-23-50)67(52-26-14-5-15-27-52)66(62)51-24-12-4-13-25-51/h2-46H,1H3. The maximum atomic E-state index is 2.43. The number of fused-ring (bicyclic) bond motifs is 4. The molecule has 11 aromatic carbocycles. The van der Waals surface area contributed by atoms with Gasteiger partial charge < -0.3 is 9.47 Å². The lowest BCUT2D eigenvalue weighted by Crippen LogP contribution is -2.09. The lowest BCUT2D eigenvalue weighted by Gasteiger charge is -2.25. The molecule has 0 bridgehead atoms. The highest BCUT2D eigenvalue weighted by atomic mass is 15.1. The van der Waals surface area contributed by atoms with Crippen molar-refractivity contribution in [1.82, 2.24) is 4.57 Å². The third-order valence-corrected chi connectivity index (χ3v) is 13.5.